The van der Waals surface area contributed by atoms with E-state index in [1.165, 1.54) is 11.8 Å². The van der Waals surface area contributed by atoms with Crippen LogP contribution in [0.1, 0.15) is 31.0 Å². The fourth-order valence-electron chi connectivity index (χ4n) is 3.61. The van der Waals surface area contributed by atoms with E-state index in [0.29, 0.717) is 21.9 Å². The maximum Gasteiger partial charge on any atom is 0.266 e. The number of rotatable bonds is 6. The van der Waals surface area contributed by atoms with E-state index in [9.17, 15) is 9.59 Å². The Morgan fingerprint density at radius 2 is 1.91 bits per heavy atom. The Balaban J connectivity index is 1.69. The Morgan fingerprint density at radius 3 is 2.66 bits per heavy atom. The lowest BCUT2D eigenvalue weighted by molar-refractivity contribution is -0.113. The first-order valence-electron chi connectivity index (χ1n) is 10.4. The normalized spacial score (nSPS) is 11.3. The van der Waals surface area contributed by atoms with Gasteiger partial charge in [0.1, 0.15) is 5.82 Å². The highest BCUT2D eigenvalue weighted by Gasteiger charge is 2.17. The van der Waals surface area contributed by atoms with Gasteiger partial charge in [0.05, 0.1) is 28.5 Å². The number of hydrogen-bond donors (Lipinski definition) is 1. The predicted octanol–water partition coefficient (Wildman–Crippen LogP) is 4.51. The molecule has 32 heavy (non-hydrogen) atoms. The molecule has 0 bridgehead atoms. The molecule has 4 aromatic rings. The van der Waals surface area contributed by atoms with Gasteiger partial charge in [0.25, 0.3) is 5.56 Å². The molecule has 0 fully saturated rings. The molecular formula is C24H25N5O2S. The predicted molar refractivity (Wildman–Crippen MR) is 129 cm³/mol. The number of fused-ring (bicyclic) bond motifs is 1. The minimum Gasteiger partial charge on any atom is -0.310 e. The molecule has 0 saturated carbocycles. The summed E-state index contributed by atoms with van der Waals surface area (Å²) in [6.45, 7) is 7.98. The van der Waals surface area contributed by atoms with Gasteiger partial charge in [0, 0.05) is 12.1 Å². The standard InChI is InChI=1S/C24H25N5O2S/c1-15(2)29-21(11-12-25-29)27-22(30)14-32-24-26-19-8-6-5-7-18(19)23(31)28(24)20-10-9-16(3)13-17(20)4/h5-13,15H,14H2,1-4H3,(H,27,30). The van der Waals surface area contributed by atoms with E-state index in [-0.39, 0.29) is 23.3 Å². The fraction of sp³-hybridized carbons (Fsp3) is 0.250. The van der Waals surface area contributed by atoms with Gasteiger partial charge in [-0.2, -0.15) is 5.10 Å². The lowest BCUT2D eigenvalue weighted by Crippen LogP contribution is -2.24. The molecule has 0 radical (unpaired) electrons. The number of benzene rings is 2. The zero-order valence-electron chi connectivity index (χ0n) is 18.5. The van der Waals surface area contributed by atoms with Crippen molar-refractivity contribution in [2.24, 2.45) is 0 Å². The molecule has 1 N–H and O–H groups in total. The largest absolute Gasteiger partial charge is 0.310 e. The zero-order chi connectivity index (χ0) is 22.8. The van der Waals surface area contributed by atoms with E-state index in [1.807, 2.05) is 64.1 Å². The summed E-state index contributed by atoms with van der Waals surface area (Å²) in [5, 5.41) is 8.16. The Morgan fingerprint density at radius 1 is 1.12 bits per heavy atom. The maximum absolute atomic E-state index is 13.4. The van der Waals surface area contributed by atoms with Crippen molar-refractivity contribution in [1.29, 1.82) is 0 Å². The van der Waals surface area contributed by atoms with Gasteiger partial charge in [0.2, 0.25) is 5.91 Å². The maximum atomic E-state index is 13.4. The molecular weight excluding hydrogens is 422 g/mol. The van der Waals surface area contributed by atoms with Gasteiger partial charge >= 0.3 is 0 Å². The van der Waals surface area contributed by atoms with E-state index in [0.717, 1.165) is 16.8 Å². The first-order valence-corrected chi connectivity index (χ1v) is 11.4. The molecule has 8 heteroatoms. The molecule has 0 aliphatic carbocycles. The van der Waals surface area contributed by atoms with E-state index in [4.69, 9.17) is 4.98 Å². The van der Waals surface area contributed by atoms with Crippen LogP contribution in [0.4, 0.5) is 5.82 Å². The van der Waals surface area contributed by atoms with E-state index in [2.05, 4.69) is 10.4 Å². The molecule has 4 rings (SSSR count). The molecule has 2 heterocycles. The Kier molecular flexibility index (Phi) is 6.14. The third-order valence-electron chi connectivity index (χ3n) is 5.10. The monoisotopic (exact) mass is 447 g/mol. The van der Waals surface area contributed by atoms with Crippen LogP contribution in [0, 0.1) is 13.8 Å². The van der Waals surface area contributed by atoms with E-state index in [1.54, 1.807) is 27.6 Å². The summed E-state index contributed by atoms with van der Waals surface area (Å²) in [4.78, 5) is 30.8. The van der Waals surface area contributed by atoms with Crippen LogP contribution in [0.3, 0.4) is 0 Å². The second kappa shape index (κ2) is 9.00. The minimum absolute atomic E-state index is 0.110. The smallest absolute Gasteiger partial charge is 0.266 e. The molecule has 164 valence electrons. The second-order valence-electron chi connectivity index (χ2n) is 7.93. The number of nitrogens with one attached hydrogen (secondary N) is 1. The number of aromatic nitrogens is 4. The number of para-hydroxylation sites is 1. The number of hydrogen-bond acceptors (Lipinski definition) is 5. The van der Waals surface area contributed by atoms with Crippen LogP contribution in [0.5, 0.6) is 0 Å². The van der Waals surface area contributed by atoms with Gasteiger partial charge in [-0.3, -0.25) is 14.2 Å². The molecule has 7 nitrogen and oxygen atoms in total. The summed E-state index contributed by atoms with van der Waals surface area (Å²) in [6.07, 6.45) is 1.66. The lowest BCUT2D eigenvalue weighted by Gasteiger charge is -2.16. The number of aryl methyl sites for hydroxylation is 2. The molecule has 0 saturated heterocycles. The summed E-state index contributed by atoms with van der Waals surface area (Å²) >= 11 is 1.24. The Bertz CT molecular complexity index is 1360. The van der Waals surface area contributed by atoms with Gasteiger partial charge in [-0.25, -0.2) is 9.67 Å². The van der Waals surface area contributed by atoms with Crippen LogP contribution >= 0.6 is 11.8 Å². The summed E-state index contributed by atoms with van der Waals surface area (Å²) in [5.41, 5.74) is 3.31. The molecule has 1 amide bonds. The average Bonchev–Trinajstić information content (AvgIpc) is 3.22. The van der Waals surface area contributed by atoms with Crippen molar-refractivity contribution in [3.8, 4) is 5.69 Å². The van der Waals surface area contributed by atoms with Crippen LogP contribution in [0.2, 0.25) is 0 Å². The Labute approximate surface area is 190 Å². The molecule has 2 aromatic carbocycles. The first-order chi connectivity index (χ1) is 15.3. The highest BCUT2D eigenvalue weighted by Crippen LogP contribution is 2.24. The van der Waals surface area contributed by atoms with Crippen LogP contribution in [-0.2, 0) is 4.79 Å². The van der Waals surface area contributed by atoms with Gasteiger partial charge in [-0.1, -0.05) is 41.6 Å². The summed E-state index contributed by atoms with van der Waals surface area (Å²) in [7, 11) is 0. The van der Waals surface area contributed by atoms with Crippen LogP contribution in [0.25, 0.3) is 16.6 Å². The number of amides is 1. The summed E-state index contributed by atoms with van der Waals surface area (Å²) < 4.78 is 3.36. The van der Waals surface area contributed by atoms with Crippen molar-refractivity contribution in [2.45, 2.75) is 38.9 Å². The van der Waals surface area contributed by atoms with Crippen LogP contribution in [0.15, 0.2) is 64.7 Å². The molecule has 0 aliphatic rings. The number of thioether (sulfide) groups is 1. The van der Waals surface area contributed by atoms with Crippen molar-refractivity contribution in [3.05, 3.63) is 76.2 Å². The minimum atomic E-state index is -0.188. The van der Waals surface area contributed by atoms with Crippen molar-refractivity contribution in [1.82, 2.24) is 19.3 Å². The zero-order valence-corrected chi connectivity index (χ0v) is 19.3. The second-order valence-corrected chi connectivity index (χ2v) is 8.88. The van der Waals surface area contributed by atoms with Crippen LogP contribution in [-0.4, -0.2) is 31.0 Å². The molecule has 0 atom stereocenters. The lowest BCUT2D eigenvalue weighted by atomic mass is 10.1. The third kappa shape index (κ3) is 4.31. The molecule has 2 aromatic heterocycles. The van der Waals surface area contributed by atoms with E-state index >= 15 is 0 Å². The van der Waals surface area contributed by atoms with Gasteiger partial charge in [-0.05, 0) is 51.5 Å². The van der Waals surface area contributed by atoms with Gasteiger partial charge < -0.3 is 5.32 Å². The van der Waals surface area contributed by atoms with Crippen molar-refractivity contribution in [2.75, 3.05) is 11.1 Å². The highest BCUT2D eigenvalue weighted by atomic mass is 32.2. The summed E-state index contributed by atoms with van der Waals surface area (Å²) in [6, 6.07) is 15.1. The molecule has 0 unspecified atom stereocenters. The van der Waals surface area contributed by atoms with Crippen molar-refractivity contribution >= 4 is 34.4 Å². The highest BCUT2D eigenvalue weighted by molar-refractivity contribution is 7.99. The number of carbonyl (C=O) groups is 1. The fourth-order valence-corrected chi connectivity index (χ4v) is 4.42. The van der Waals surface area contributed by atoms with Gasteiger partial charge in [0.15, 0.2) is 5.16 Å². The third-order valence-corrected chi connectivity index (χ3v) is 6.04. The SMILES string of the molecule is Cc1ccc(-n2c(SCC(=O)Nc3ccnn3C(C)C)nc3ccccc3c2=O)c(C)c1. The average molecular weight is 448 g/mol. The first kappa shape index (κ1) is 21.8. The summed E-state index contributed by atoms with van der Waals surface area (Å²) in [5.74, 6) is 0.565. The topological polar surface area (TPSA) is 81.8 Å². The van der Waals surface area contributed by atoms with Crippen molar-refractivity contribution < 1.29 is 4.79 Å². The quantitative estimate of drug-likeness (QED) is 0.347. The number of anilines is 1. The number of carbonyl (C=O) groups excluding carboxylic acids is 1. The van der Waals surface area contributed by atoms with Gasteiger partial charge in [-0.15, -0.1) is 0 Å². The van der Waals surface area contributed by atoms with E-state index < -0.39 is 0 Å². The number of nitrogens with zero attached hydrogens (tertiary/aromatic N) is 4. The van der Waals surface area contributed by atoms with Crippen LogP contribution < -0.4 is 10.9 Å². The Hall–Kier alpha value is -3.39. The molecule has 0 spiro atoms. The van der Waals surface area contributed by atoms with Crippen molar-refractivity contribution in [3.63, 3.8) is 0 Å². The molecule has 0 aliphatic heterocycles.